The molecule has 0 N–H and O–H groups in total. The fourth-order valence-corrected chi connectivity index (χ4v) is 2.78. The first-order valence-corrected chi connectivity index (χ1v) is 10.6. The molecule has 1 unspecified atom stereocenters. The molecule has 1 atom stereocenters. The molecule has 0 spiro atoms. The molecule has 0 bridgehead atoms. The van der Waals surface area contributed by atoms with Crippen LogP contribution >= 0.6 is 0 Å². The van der Waals surface area contributed by atoms with Crippen LogP contribution in [-0.4, -0.2) is 47.7 Å². The average Bonchev–Trinajstić information content (AvgIpc) is 2.55. The minimum absolute atomic E-state index is 0.363. The Morgan fingerprint density at radius 2 is 1.48 bits per heavy atom. The van der Waals surface area contributed by atoms with Crippen LogP contribution in [0.2, 0.25) is 0 Å². The first-order chi connectivity index (χ1) is 11.9. The van der Waals surface area contributed by atoms with Crippen molar-refractivity contribution in [3.63, 3.8) is 0 Å². The highest BCUT2D eigenvalue weighted by Crippen LogP contribution is 2.21. The normalized spacial score (nSPS) is 13.0. The van der Waals surface area contributed by atoms with Crippen LogP contribution in [0.4, 0.5) is 0 Å². The van der Waals surface area contributed by atoms with Crippen molar-refractivity contribution >= 4 is 16.2 Å². The Labute approximate surface area is 156 Å². The van der Waals surface area contributed by atoms with E-state index in [9.17, 15) is 4.79 Å². The van der Waals surface area contributed by atoms with Crippen LogP contribution in [0.25, 0.3) is 0 Å². The summed E-state index contributed by atoms with van der Waals surface area (Å²) in [6, 6.07) is 0. The van der Waals surface area contributed by atoms with Gasteiger partial charge in [0.1, 0.15) is 5.41 Å². The Morgan fingerprint density at radius 3 is 1.92 bits per heavy atom. The zero-order chi connectivity index (χ0) is 19.1. The molecule has 0 saturated heterocycles. The molecule has 5 nitrogen and oxygen atoms in total. The molecule has 25 heavy (non-hydrogen) atoms. The highest BCUT2D eigenvalue weighted by molar-refractivity contribution is 6.13. The molecule has 0 aliphatic carbocycles. The molecule has 0 rings (SSSR count). The van der Waals surface area contributed by atoms with E-state index in [4.69, 9.17) is 18.9 Å². The molecule has 0 aromatic rings. The Balaban J connectivity index is 4.90. The molecule has 0 aromatic heterocycles. The van der Waals surface area contributed by atoms with Crippen LogP contribution in [0, 0.1) is 0 Å². The maximum Gasteiger partial charge on any atom is 0.335 e. The van der Waals surface area contributed by atoms with Crippen LogP contribution in [0.3, 0.4) is 0 Å². The van der Waals surface area contributed by atoms with Gasteiger partial charge < -0.3 is 18.9 Å². The van der Waals surface area contributed by atoms with E-state index >= 15 is 0 Å². The summed E-state index contributed by atoms with van der Waals surface area (Å²) in [5.41, 5.74) is -0.335. The lowest BCUT2D eigenvalue weighted by Crippen LogP contribution is -2.43. The minimum atomic E-state index is -0.698. The second-order valence-electron chi connectivity index (χ2n) is 6.58. The van der Waals surface area contributed by atoms with Crippen molar-refractivity contribution in [3.05, 3.63) is 12.2 Å². The number of carbonyl (C=O) groups is 1. The zero-order valence-electron chi connectivity index (χ0n) is 16.9. The van der Waals surface area contributed by atoms with E-state index in [0.29, 0.717) is 42.1 Å². The highest BCUT2D eigenvalue weighted by atomic mass is 28.1. The standard InChI is InChI=1S/C19H38O5Si/c1-6-9-12-21-17(24-18(20)16(4)5)15-19(25,22-13-10-7-2)23-14-11-8-3/h17H,4,6-15H2,1-3,5,25H3. The number of hydrogen-bond acceptors (Lipinski definition) is 5. The van der Waals surface area contributed by atoms with E-state index in [1.165, 1.54) is 0 Å². The fourth-order valence-electron chi connectivity index (χ4n) is 2.04. The van der Waals surface area contributed by atoms with Gasteiger partial charge in [-0.15, -0.1) is 0 Å². The molecule has 0 fully saturated rings. The molecule has 0 heterocycles. The molecular formula is C19H38O5Si. The van der Waals surface area contributed by atoms with E-state index < -0.39 is 17.7 Å². The summed E-state index contributed by atoms with van der Waals surface area (Å²) in [7, 11) is 0.668. The molecule has 0 radical (unpaired) electrons. The largest absolute Gasteiger partial charge is 0.432 e. The van der Waals surface area contributed by atoms with E-state index in [0.717, 1.165) is 38.5 Å². The van der Waals surface area contributed by atoms with Crippen molar-refractivity contribution in [2.24, 2.45) is 0 Å². The topological polar surface area (TPSA) is 54.0 Å². The van der Waals surface area contributed by atoms with E-state index in [2.05, 4.69) is 27.4 Å². The van der Waals surface area contributed by atoms with Gasteiger partial charge in [0.05, 0.1) is 23.3 Å². The third-order valence-electron chi connectivity index (χ3n) is 3.74. The maximum atomic E-state index is 11.9. The van der Waals surface area contributed by atoms with Gasteiger partial charge in [0.15, 0.2) is 0 Å². The lowest BCUT2D eigenvalue weighted by atomic mass is 10.3. The average molecular weight is 375 g/mol. The van der Waals surface area contributed by atoms with Crippen molar-refractivity contribution in [2.75, 3.05) is 19.8 Å². The summed E-state index contributed by atoms with van der Waals surface area (Å²) in [6.45, 7) is 13.4. The second-order valence-corrected chi connectivity index (χ2v) is 8.11. The summed E-state index contributed by atoms with van der Waals surface area (Å²) in [6.07, 6.45) is 5.76. The Kier molecular flexibility index (Phi) is 14.1. The molecule has 0 amide bonds. The van der Waals surface area contributed by atoms with E-state index in [-0.39, 0.29) is 0 Å². The third-order valence-corrected chi connectivity index (χ3v) is 4.72. The predicted molar refractivity (Wildman–Crippen MR) is 105 cm³/mol. The van der Waals surface area contributed by atoms with Gasteiger partial charge in [-0.2, -0.15) is 0 Å². The number of rotatable bonds is 16. The van der Waals surface area contributed by atoms with Crippen LogP contribution in [-0.2, 0) is 23.7 Å². The maximum absolute atomic E-state index is 11.9. The van der Waals surface area contributed by atoms with Crippen LogP contribution in [0.5, 0.6) is 0 Å². The van der Waals surface area contributed by atoms with Gasteiger partial charge in [0.2, 0.25) is 6.29 Å². The minimum Gasteiger partial charge on any atom is -0.432 e. The van der Waals surface area contributed by atoms with Gasteiger partial charge in [-0.3, -0.25) is 0 Å². The van der Waals surface area contributed by atoms with Gasteiger partial charge in [0.25, 0.3) is 0 Å². The quantitative estimate of drug-likeness (QED) is 0.136. The number of hydrogen-bond donors (Lipinski definition) is 0. The van der Waals surface area contributed by atoms with Crippen LogP contribution in [0.1, 0.15) is 72.6 Å². The fraction of sp³-hybridized carbons (Fsp3) is 0.842. The Hall–Kier alpha value is -0.693. The summed E-state index contributed by atoms with van der Waals surface area (Å²) >= 11 is 0. The highest BCUT2D eigenvalue weighted by Gasteiger charge is 2.32. The number of ether oxygens (including phenoxy) is 4. The smallest absolute Gasteiger partial charge is 0.335 e. The summed E-state index contributed by atoms with van der Waals surface area (Å²) < 4.78 is 23.3. The number of carbonyl (C=O) groups excluding carboxylic acids is 1. The molecule has 0 saturated carbocycles. The third kappa shape index (κ3) is 12.3. The van der Waals surface area contributed by atoms with Gasteiger partial charge in [-0.1, -0.05) is 46.6 Å². The molecular weight excluding hydrogens is 336 g/mol. The van der Waals surface area contributed by atoms with E-state index in [1.807, 2.05) is 0 Å². The zero-order valence-corrected chi connectivity index (χ0v) is 18.9. The summed E-state index contributed by atoms with van der Waals surface area (Å²) in [5.74, 6) is -0.437. The van der Waals surface area contributed by atoms with Crippen molar-refractivity contribution in [3.8, 4) is 0 Å². The first kappa shape index (κ1) is 24.3. The second kappa shape index (κ2) is 14.5. The summed E-state index contributed by atoms with van der Waals surface area (Å²) in [5, 5.41) is 0. The monoisotopic (exact) mass is 374 g/mol. The SMILES string of the molecule is C=C(C)C(=O)OC(CC([SiH3])(OCCCC)OCCCC)OCCCC. The molecule has 0 aliphatic heterocycles. The Morgan fingerprint density at radius 1 is 1.00 bits per heavy atom. The molecule has 6 heteroatoms. The Bertz CT molecular complexity index is 363. The summed E-state index contributed by atoms with van der Waals surface area (Å²) in [4.78, 5) is 11.9. The lowest BCUT2D eigenvalue weighted by molar-refractivity contribution is -0.232. The first-order valence-electron chi connectivity index (χ1n) is 9.64. The van der Waals surface area contributed by atoms with E-state index in [1.54, 1.807) is 6.92 Å². The van der Waals surface area contributed by atoms with Crippen LogP contribution < -0.4 is 0 Å². The molecule has 0 aliphatic rings. The van der Waals surface area contributed by atoms with Gasteiger partial charge in [-0.25, -0.2) is 4.79 Å². The number of unbranched alkanes of at least 4 members (excludes halogenated alkanes) is 3. The van der Waals surface area contributed by atoms with Crippen molar-refractivity contribution < 1.29 is 23.7 Å². The van der Waals surface area contributed by atoms with Gasteiger partial charge in [0, 0.05) is 18.8 Å². The lowest BCUT2D eigenvalue weighted by Gasteiger charge is -2.33. The molecule has 0 aromatic carbocycles. The van der Waals surface area contributed by atoms with Gasteiger partial charge >= 0.3 is 5.97 Å². The van der Waals surface area contributed by atoms with Crippen LogP contribution in [0.15, 0.2) is 12.2 Å². The van der Waals surface area contributed by atoms with Crippen molar-refractivity contribution in [2.45, 2.75) is 84.3 Å². The van der Waals surface area contributed by atoms with Crippen molar-refractivity contribution in [1.29, 1.82) is 0 Å². The van der Waals surface area contributed by atoms with Gasteiger partial charge in [-0.05, 0) is 26.2 Å². The van der Waals surface area contributed by atoms with Crippen molar-refractivity contribution in [1.82, 2.24) is 0 Å². The predicted octanol–water partition coefficient (Wildman–Crippen LogP) is 3.29. The number of esters is 1. The molecule has 148 valence electrons.